The van der Waals surface area contributed by atoms with Gasteiger partial charge in [0.25, 0.3) is 0 Å². The highest BCUT2D eigenvalue weighted by atomic mass is 32.2. The average Bonchev–Trinajstić information content (AvgIpc) is 2.83. The first-order chi connectivity index (χ1) is 17.3. The molecule has 0 fully saturated rings. The highest BCUT2D eigenvalue weighted by Crippen LogP contribution is 2.13. The third-order valence-corrected chi connectivity index (χ3v) is 6.18. The average molecular weight is 541 g/mol. The van der Waals surface area contributed by atoms with Crippen LogP contribution in [0.1, 0.15) is 38.7 Å². The normalized spacial score (nSPS) is 14.2. The molecule has 0 saturated carbocycles. The summed E-state index contributed by atoms with van der Waals surface area (Å²) in [4.78, 5) is 61.2. The predicted octanol–water partition coefficient (Wildman–Crippen LogP) is 0.0749. The minimum absolute atomic E-state index is 0.00488. The summed E-state index contributed by atoms with van der Waals surface area (Å²) >= 11 is 1.46. The van der Waals surface area contributed by atoms with Gasteiger partial charge in [-0.05, 0) is 48.5 Å². The zero-order valence-electron chi connectivity index (χ0n) is 21.1. The Kier molecular flexibility index (Phi) is 13.5. The number of hydrogen-bond acceptors (Lipinski definition) is 8. The van der Waals surface area contributed by atoms with E-state index in [2.05, 4.69) is 16.0 Å². The second-order valence-electron chi connectivity index (χ2n) is 8.88. The molecule has 12 nitrogen and oxygen atoms in total. The molecule has 3 amide bonds. The molecule has 0 aliphatic rings. The Balaban J connectivity index is 3.15. The molecule has 1 rings (SSSR count). The molecule has 0 radical (unpaired) electrons. The summed E-state index contributed by atoms with van der Waals surface area (Å²) in [6.07, 6.45) is 1.20. The van der Waals surface area contributed by atoms with Crippen molar-refractivity contribution in [3.05, 3.63) is 29.8 Å². The van der Waals surface area contributed by atoms with Gasteiger partial charge >= 0.3 is 11.9 Å². The second kappa shape index (κ2) is 15.7. The van der Waals surface area contributed by atoms with E-state index >= 15 is 0 Å². The molecule has 13 heteroatoms. The topological polar surface area (TPSA) is 208 Å². The van der Waals surface area contributed by atoms with Gasteiger partial charge < -0.3 is 37.0 Å². The highest BCUT2D eigenvalue weighted by molar-refractivity contribution is 7.98. The number of phenols is 1. The molecule has 0 spiro atoms. The Morgan fingerprint density at radius 1 is 0.865 bits per heavy atom. The second-order valence-corrected chi connectivity index (χ2v) is 9.86. The van der Waals surface area contributed by atoms with Crippen LogP contribution < -0.4 is 21.7 Å². The lowest BCUT2D eigenvalue weighted by Crippen LogP contribution is -2.58. The molecule has 0 heterocycles. The molecule has 0 bridgehead atoms. The summed E-state index contributed by atoms with van der Waals surface area (Å²) in [5.74, 6) is -4.30. The molecule has 1 aromatic carbocycles. The van der Waals surface area contributed by atoms with Crippen molar-refractivity contribution in [1.29, 1.82) is 0 Å². The van der Waals surface area contributed by atoms with Crippen molar-refractivity contribution in [2.24, 2.45) is 11.7 Å². The van der Waals surface area contributed by atoms with Crippen LogP contribution in [0.3, 0.4) is 0 Å². The number of nitrogens with two attached hydrogens (primary N) is 1. The van der Waals surface area contributed by atoms with Crippen LogP contribution >= 0.6 is 11.8 Å². The number of carbonyl (C=O) groups is 5. The third-order valence-electron chi connectivity index (χ3n) is 5.54. The van der Waals surface area contributed by atoms with E-state index in [1.165, 1.54) is 36.0 Å². The number of carboxylic acid groups (broad SMARTS) is 2. The fourth-order valence-electron chi connectivity index (χ4n) is 3.22. The summed E-state index contributed by atoms with van der Waals surface area (Å²) in [7, 11) is 0. The zero-order chi connectivity index (χ0) is 28.1. The number of hydrogen-bond donors (Lipinski definition) is 7. The van der Waals surface area contributed by atoms with Gasteiger partial charge in [-0.1, -0.05) is 26.0 Å². The Labute approximate surface area is 219 Å². The van der Waals surface area contributed by atoms with Crippen molar-refractivity contribution >= 4 is 41.4 Å². The summed E-state index contributed by atoms with van der Waals surface area (Å²) in [6, 6.07) is 1.29. The number of thioether (sulfide) groups is 1. The van der Waals surface area contributed by atoms with Crippen molar-refractivity contribution in [1.82, 2.24) is 16.0 Å². The largest absolute Gasteiger partial charge is 0.508 e. The maximum atomic E-state index is 13.2. The SMILES string of the molecule is CSCCC(NC(=O)C(N)C(C)C)C(=O)NC(Cc1ccc(O)cc1)C(=O)NC(CCC(=O)O)C(=O)O. The van der Waals surface area contributed by atoms with Gasteiger partial charge in [0.2, 0.25) is 17.7 Å². The van der Waals surface area contributed by atoms with Crippen LogP contribution in [-0.2, 0) is 30.4 Å². The number of aliphatic carboxylic acids is 2. The first-order valence-electron chi connectivity index (χ1n) is 11.7. The number of carbonyl (C=O) groups excluding carboxylic acids is 3. The van der Waals surface area contributed by atoms with E-state index < -0.39 is 60.2 Å². The van der Waals surface area contributed by atoms with Crippen LogP contribution in [0.15, 0.2) is 24.3 Å². The Morgan fingerprint density at radius 2 is 1.41 bits per heavy atom. The fraction of sp³-hybridized carbons (Fsp3) is 0.542. The smallest absolute Gasteiger partial charge is 0.326 e. The lowest BCUT2D eigenvalue weighted by atomic mass is 10.0. The van der Waals surface area contributed by atoms with E-state index in [9.17, 15) is 34.2 Å². The first kappa shape index (κ1) is 31.7. The molecule has 8 N–H and O–H groups in total. The Bertz CT molecular complexity index is 941. The van der Waals surface area contributed by atoms with Crippen LogP contribution in [-0.4, -0.2) is 81.2 Å². The highest BCUT2D eigenvalue weighted by Gasteiger charge is 2.31. The van der Waals surface area contributed by atoms with Gasteiger partial charge in [-0.2, -0.15) is 11.8 Å². The Morgan fingerprint density at radius 3 is 1.92 bits per heavy atom. The minimum atomic E-state index is -1.49. The van der Waals surface area contributed by atoms with Gasteiger partial charge in [-0.3, -0.25) is 19.2 Å². The third kappa shape index (κ3) is 11.5. The summed E-state index contributed by atoms with van der Waals surface area (Å²) in [5, 5.41) is 35.3. The fourth-order valence-corrected chi connectivity index (χ4v) is 3.69. The molecular weight excluding hydrogens is 504 g/mol. The van der Waals surface area contributed by atoms with Crippen LogP contribution in [0.5, 0.6) is 5.75 Å². The predicted molar refractivity (Wildman–Crippen MR) is 138 cm³/mol. The standard InChI is InChI=1S/C24H36N4O8S/c1-13(2)20(25)23(34)26-16(10-11-37-3)21(32)28-18(12-14-4-6-15(29)7-5-14)22(33)27-17(24(35)36)8-9-19(30)31/h4-7,13,16-18,20,29H,8-12,25H2,1-3H3,(H,26,34)(H,27,33)(H,28,32)(H,30,31)(H,35,36). The van der Waals surface area contributed by atoms with Crippen LogP contribution in [0.2, 0.25) is 0 Å². The van der Waals surface area contributed by atoms with E-state index in [0.29, 0.717) is 11.3 Å². The van der Waals surface area contributed by atoms with Crippen molar-refractivity contribution < 1.29 is 39.3 Å². The maximum Gasteiger partial charge on any atom is 0.326 e. The lowest BCUT2D eigenvalue weighted by molar-refractivity contribution is -0.143. The maximum absolute atomic E-state index is 13.2. The molecule has 4 unspecified atom stereocenters. The van der Waals surface area contributed by atoms with E-state index in [4.69, 9.17) is 10.8 Å². The van der Waals surface area contributed by atoms with Gasteiger partial charge in [0.15, 0.2) is 0 Å². The molecule has 0 aliphatic carbocycles. The van der Waals surface area contributed by atoms with Gasteiger partial charge in [0.1, 0.15) is 23.9 Å². The number of carboxylic acids is 2. The summed E-state index contributed by atoms with van der Waals surface area (Å²) < 4.78 is 0. The monoisotopic (exact) mass is 540 g/mol. The van der Waals surface area contributed by atoms with Crippen LogP contribution in [0.25, 0.3) is 0 Å². The summed E-state index contributed by atoms with van der Waals surface area (Å²) in [5.41, 5.74) is 6.46. The van der Waals surface area contributed by atoms with Gasteiger partial charge in [0.05, 0.1) is 6.04 Å². The van der Waals surface area contributed by atoms with Gasteiger partial charge in [0, 0.05) is 12.8 Å². The minimum Gasteiger partial charge on any atom is -0.508 e. The molecule has 4 atom stereocenters. The Hall–Kier alpha value is -3.32. The number of nitrogens with one attached hydrogen (secondary N) is 3. The van der Waals surface area contributed by atoms with Gasteiger partial charge in [-0.25, -0.2) is 4.79 Å². The van der Waals surface area contributed by atoms with Crippen molar-refractivity contribution in [2.45, 2.75) is 63.7 Å². The van der Waals surface area contributed by atoms with E-state index in [1.54, 1.807) is 13.8 Å². The summed E-state index contributed by atoms with van der Waals surface area (Å²) in [6.45, 7) is 3.53. The molecule has 206 valence electrons. The van der Waals surface area contributed by atoms with Crippen molar-refractivity contribution in [2.75, 3.05) is 12.0 Å². The number of benzene rings is 1. The quantitative estimate of drug-likeness (QED) is 0.150. The molecule has 0 aromatic heterocycles. The number of rotatable bonds is 16. The van der Waals surface area contributed by atoms with Crippen LogP contribution in [0.4, 0.5) is 0 Å². The van der Waals surface area contributed by atoms with E-state index in [0.717, 1.165) is 0 Å². The zero-order valence-corrected chi connectivity index (χ0v) is 21.9. The molecule has 0 aliphatic heterocycles. The van der Waals surface area contributed by atoms with Crippen molar-refractivity contribution in [3.8, 4) is 5.75 Å². The van der Waals surface area contributed by atoms with Crippen LogP contribution in [0, 0.1) is 5.92 Å². The van der Waals surface area contributed by atoms with Gasteiger partial charge in [-0.15, -0.1) is 0 Å². The molecule has 1 aromatic rings. The first-order valence-corrected chi connectivity index (χ1v) is 13.1. The number of amides is 3. The molecular formula is C24H36N4O8S. The van der Waals surface area contributed by atoms with Crippen molar-refractivity contribution in [3.63, 3.8) is 0 Å². The van der Waals surface area contributed by atoms with E-state index in [1.807, 2.05) is 6.26 Å². The number of aromatic hydroxyl groups is 1. The number of phenolic OH excluding ortho intramolecular Hbond substituents is 1. The van der Waals surface area contributed by atoms with E-state index in [-0.39, 0.29) is 30.9 Å². The molecule has 37 heavy (non-hydrogen) atoms. The molecule has 0 saturated heterocycles. The lowest BCUT2D eigenvalue weighted by Gasteiger charge is -2.26.